The summed E-state index contributed by atoms with van der Waals surface area (Å²) in [4.78, 5) is 42.3. The number of carbonyl (C=O) groups is 3. The minimum atomic E-state index is -3.14. The molecule has 3 heterocycles. The zero-order valence-corrected chi connectivity index (χ0v) is 20.1. The van der Waals surface area contributed by atoms with E-state index in [4.69, 9.17) is 4.74 Å². The predicted octanol–water partition coefficient (Wildman–Crippen LogP) is 2.34. The van der Waals surface area contributed by atoms with Crippen molar-refractivity contribution in [1.29, 1.82) is 0 Å². The average Bonchev–Trinajstić information content (AvgIpc) is 3.50. The van der Waals surface area contributed by atoms with Crippen LogP contribution in [-0.2, 0) is 29.0 Å². The van der Waals surface area contributed by atoms with Gasteiger partial charge in [-0.05, 0) is 36.9 Å². The van der Waals surface area contributed by atoms with Gasteiger partial charge < -0.3 is 14.5 Å². The monoisotopic (exact) mass is 490 g/mol. The Labute approximate surface area is 197 Å². The molecule has 0 aliphatic carbocycles. The van der Waals surface area contributed by atoms with Gasteiger partial charge >= 0.3 is 5.97 Å². The maximum Gasteiger partial charge on any atom is 0.312 e. The highest BCUT2D eigenvalue weighted by Gasteiger charge is 2.47. The molecule has 3 atom stereocenters. The quantitative estimate of drug-likeness (QED) is 0.576. The first-order valence-corrected chi connectivity index (χ1v) is 13.4. The summed E-state index contributed by atoms with van der Waals surface area (Å²) in [6.07, 6.45) is 0.363. The number of aryl methyl sites for hydroxylation is 1. The molecule has 0 spiro atoms. The van der Waals surface area contributed by atoms with Crippen LogP contribution in [0.15, 0.2) is 41.8 Å². The van der Waals surface area contributed by atoms with Crippen molar-refractivity contribution < 1.29 is 27.5 Å². The van der Waals surface area contributed by atoms with Crippen LogP contribution >= 0.6 is 11.3 Å². The van der Waals surface area contributed by atoms with Gasteiger partial charge in [0.15, 0.2) is 16.4 Å². The molecular weight excluding hydrogens is 464 g/mol. The molecule has 2 aliphatic heterocycles. The lowest BCUT2D eigenvalue weighted by Crippen LogP contribution is -2.40. The van der Waals surface area contributed by atoms with Crippen LogP contribution in [-0.4, -0.2) is 62.3 Å². The lowest BCUT2D eigenvalue weighted by atomic mass is 9.99. The van der Waals surface area contributed by atoms with Gasteiger partial charge in [0.25, 0.3) is 5.91 Å². The average molecular weight is 491 g/mol. The summed E-state index contributed by atoms with van der Waals surface area (Å²) in [7, 11) is -1.61. The van der Waals surface area contributed by atoms with E-state index in [1.54, 1.807) is 4.90 Å². The minimum Gasteiger partial charge on any atom is -0.455 e. The number of esters is 1. The Morgan fingerprint density at radius 1 is 1.21 bits per heavy atom. The number of rotatable bonds is 6. The fraction of sp³-hybridized carbons (Fsp3) is 0.435. The second-order valence-electron chi connectivity index (χ2n) is 8.54. The lowest BCUT2D eigenvalue weighted by molar-refractivity contribution is -0.156. The van der Waals surface area contributed by atoms with Crippen molar-refractivity contribution in [3.05, 3.63) is 52.2 Å². The SMILES string of the molecule is Cc1ccc(N2C(=O)CC(C(=O)OCC(=O)N(C)C3CCS(=O)(=O)C3)C2c2cccs2)cc1. The number of benzene rings is 1. The van der Waals surface area contributed by atoms with Crippen molar-refractivity contribution in [2.24, 2.45) is 5.92 Å². The molecule has 0 radical (unpaired) electrons. The largest absolute Gasteiger partial charge is 0.455 e. The molecule has 2 amide bonds. The highest BCUT2D eigenvalue weighted by atomic mass is 32.2. The molecule has 1 aromatic heterocycles. The van der Waals surface area contributed by atoms with Crippen LogP contribution in [0.5, 0.6) is 0 Å². The van der Waals surface area contributed by atoms with E-state index in [2.05, 4.69) is 0 Å². The van der Waals surface area contributed by atoms with Crippen LogP contribution < -0.4 is 4.90 Å². The van der Waals surface area contributed by atoms with Crippen molar-refractivity contribution in [3.8, 4) is 0 Å². The van der Waals surface area contributed by atoms with Gasteiger partial charge in [-0.1, -0.05) is 23.8 Å². The van der Waals surface area contributed by atoms with Crippen LogP contribution in [0.25, 0.3) is 0 Å². The molecular formula is C23H26N2O6S2. The van der Waals surface area contributed by atoms with Crippen molar-refractivity contribution in [1.82, 2.24) is 4.90 Å². The molecule has 10 heteroatoms. The van der Waals surface area contributed by atoms with Crippen LogP contribution in [0.1, 0.15) is 29.3 Å². The highest BCUT2D eigenvalue weighted by Crippen LogP contribution is 2.43. The van der Waals surface area contributed by atoms with Gasteiger partial charge in [0.05, 0.1) is 23.5 Å². The number of nitrogens with zero attached hydrogens (tertiary/aromatic N) is 2. The number of likely N-dealkylation sites (N-methyl/N-ethyl adjacent to an activating group) is 1. The maximum atomic E-state index is 13.0. The summed E-state index contributed by atoms with van der Waals surface area (Å²) < 4.78 is 28.7. The van der Waals surface area contributed by atoms with Crippen molar-refractivity contribution >= 4 is 44.6 Å². The number of thiophene rings is 1. The van der Waals surface area contributed by atoms with Gasteiger partial charge in [-0.3, -0.25) is 14.4 Å². The van der Waals surface area contributed by atoms with Gasteiger partial charge in [-0.15, -0.1) is 11.3 Å². The first-order valence-electron chi connectivity index (χ1n) is 10.7. The van der Waals surface area contributed by atoms with Crippen LogP contribution in [0.2, 0.25) is 0 Å². The Bertz CT molecular complexity index is 1140. The Morgan fingerprint density at radius 3 is 2.55 bits per heavy atom. The third-order valence-corrected chi connectivity index (χ3v) is 8.95. The zero-order valence-electron chi connectivity index (χ0n) is 18.5. The van der Waals surface area contributed by atoms with E-state index < -0.39 is 46.3 Å². The number of ether oxygens (including phenoxy) is 1. The smallest absolute Gasteiger partial charge is 0.312 e. The Hall–Kier alpha value is -2.72. The molecule has 0 N–H and O–H groups in total. The van der Waals surface area contributed by atoms with E-state index in [0.717, 1.165) is 10.4 Å². The molecule has 2 saturated heterocycles. The first-order chi connectivity index (χ1) is 15.7. The molecule has 33 heavy (non-hydrogen) atoms. The van der Waals surface area contributed by atoms with E-state index in [9.17, 15) is 22.8 Å². The second kappa shape index (κ2) is 9.26. The van der Waals surface area contributed by atoms with Crippen molar-refractivity contribution in [2.45, 2.75) is 31.8 Å². The molecule has 2 aromatic rings. The van der Waals surface area contributed by atoms with Crippen molar-refractivity contribution in [2.75, 3.05) is 30.1 Å². The number of hydrogen-bond acceptors (Lipinski definition) is 7. The fourth-order valence-electron chi connectivity index (χ4n) is 4.37. The number of sulfone groups is 1. The standard InChI is InChI=1S/C23H26N2O6S2/c1-15-5-7-16(8-6-15)25-20(26)12-18(22(25)19-4-3-10-32-19)23(28)31-13-21(27)24(2)17-9-11-33(29,30)14-17/h3-8,10,17-18,22H,9,11-14H2,1-2H3. The second-order valence-corrected chi connectivity index (χ2v) is 11.7. The van der Waals surface area contributed by atoms with Gasteiger partial charge in [0.2, 0.25) is 5.91 Å². The highest BCUT2D eigenvalue weighted by molar-refractivity contribution is 7.91. The molecule has 2 fully saturated rings. The Balaban J connectivity index is 1.47. The lowest BCUT2D eigenvalue weighted by Gasteiger charge is -2.27. The molecule has 4 rings (SSSR count). The van der Waals surface area contributed by atoms with E-state index in [1.807, 2.05) is 48.7 Å². The molecule has 8 nitrogen and oxygen atoms in total. The van der Waals surface area contributed by atoms with Gasteiger partial charge in [0.1, 0.15) is 0 Å². The van der Waals surface area contributed by atoms with E-state index in [-0.39, 0.29) is 23.8 Å². The molecule has 176 valence electrons. The Kier molecular flexibility index (Phi) is 6.58. The van der Waals surface area contributed by atoms with Gasteiger partial charge in [-0.25, -0.2) is 8.42 Å². The zero-order chi connectivity index (χ0) is 23.8. The first kappa shape index (κ1) is 23.4. The number of carbonyl (C=O) groups excluding carboxylic acids is 3. The number of anilines is 1. The van der Waals surface area contributed by atoms with Gasteiger partial charge in [0, 0.05) is 30.1 Å². The summed E-state index contributed by atoms with van der Waals surface area (Å²) in [5.41, 5.74) is 1.77. The van der Waals surface area contributed by atoms with Crippen LogP contribution in [0.3, 0.4) is 0 Å². The third kappa shape index (κ3) is 4.96. The predicted molar refractivity (Wildman–Crippen MR) is 125 cm³/mol. The normalized spacial score (nSPS) is 24.1. The third-order valence-electron chi connectivity index (χ3n) is 6.26. The fourth-order valence-corrected chi connectivity index (χ4v) is 7.02. The molecule has 0 bridgehead atoms. The van der Waals surface area contributed by atoms with E-state index in [0.29, 0.717) is 12.1 Å². The minimum absolute atomic E-state index is 0.0137. The summed E-state index contributed by atoms with van der Waals surface area (Å²) in [5.74, 6) is -2.03. The summed E-state index contributed by atoms with van der Waals surface area (Å²) in [6, 6.07) is 10.4. The van der Waals surface area contributed by atoms with Crippen LogP contribution in [0, 0.1) is 12.8 Å². The van der Waals surface area contributed by atoms with Gasteiger partial charge in [-0.2, -0.15) is 0 Å². The van der Waals surface area contributed by atoms with Crippen molar-refractivity contribution in [3.63, 3.8) is 0 Å². The van der Waals surface area contributed by atoms with Crippen LogP contribution in [0.4, 0.5) is 5.69 Å². The summed E-state index contributed by atoms with van der Waals surface area (Å²) in [6.45, 7) is 1.47. The molecule has 2 aliphatic rings. The van der Waals surface area contributed by atoms with E-state index in [1.165, 1.54) is 23.3 Å². The maximum absolute atomic E-state index is 13.0. The summed E-state index contributed by atoms with van der Waals surface area (Å²) >= 11 is 1.46. The molecule has 1 aromatic carbocycles. The number of amides is 2. The number of hydrogen-bond donors (Lipinski definition) is 0. The topological polar surface area (TPSA) is 101 Å². The Morgan fingerprint density at radius 2 is 1.94 bits per heavy atom. The van der Waals surface area contributed by atoms with E-state index >= 15 is 0 Å². The molecule has 3 unspecified atom stereocenters. The summed E-state index contributed by atoms with van der Waals surface area (Å²) in [5, 5.41) is 1.89. The molecule has 0 saturated carbocycles.